The van der Waals surface area contributed by atoms with Gasteiger partial charge in [-0.1, -0.05) is 51.1 Å². The van der Waals surface area contributed by atoms with Crippen molar-refractivity contribution in [2.45, 2.75) is 64.6 Å². The number of rotatable bonds is 14. The van der Waals surface area contributed by atoms with E-state index in [9.17, 15) is 24.6 Å². The predicted octanol–water partition coefficient (Wildman–Crippen LogP) is 12.1. The number of aliphatic hydroxyl groups excluding tert-OH is 3. The highest BCUT2D eigenvalue weighted by Crippen LogP contribution is 2.37. The summed E-state index contributed by atoms with van der Waals surface area (Å²) in [6.45, 7) is 50.8. The van der Waals surface area contributed by atoms with E-state index in [1.807, 2.05) is 30.3 Å². The average molecular weight is 1070 g/mol. The van der Waals surface area contributed by atoms with Crippen molar-refractivity contribution >= 4 is 76.6 Å². The number of nitro groups is 2. The van der Waals surface area contributed by atoms with Crippen LogP contribution in [0.5, 0.6) is 0 Å². The number of fused-ring (bicyclic) bond motifs is 2. The Morgan fingerprint density at radius 1 is 0.636 bits per heavy atom. The van der Waals surface area contributed by atoms with Crippen molar-refractivity contribution in [3.8, 4) is 0 Å². The minimum Gasteiger partial charge on any atom is -0.415 e. The molecule has 0 fully saturated rings. The number of halogens is 1. The van der Waals surface area contributed by atoms with Gasteiger partial charge in [-0.15, -0.1) is 0 Å². The van der Waals surface area contributed by atoms with E-state index in [2.05, 4.69) is 84.6 Å². The maximum atomic E-state index is 12.7. The van der Waals surface area contributed by atoms with Gasteiger partial charge < -0.3 is 45.9 Å². The van der Waals surface area contributed by atoms with E-state index in [1.165, 1.54) is 47.5 Å². The molecule has 7 N–H and O–H groups in total. The third kappa shape index (κ3) is 19.5. The molecule has 0 aliphatic carbocycles. The number of β-amino-alcohol motifs (C(OH)–C–C–N with tert-alkyl or cyclic N) is 1. The van der Waals surface area contributed by atoms with Crippen molar-refractivity contribution in [2.24, 2.45) is 0 Å². The number of aliphatic hydroxyl groups is 3. The van der Waals surface area contributed by atoms with Crippen molar-refractivity contribution in [1.82, 2.24) is 0 Å². The molecule has 0 atom stereocenters. The zero-order chi connectivity index (χ0) is 57.1. The Balaban J connectivity index is 0.000000258. The molecule has 7 rings (SSSR count). The number of nitro benzene ring substituents is 2. The Bertz CT molecular complexity index is 3010. The van der Waals surface area contributed by atoms with Crippen LogP contribution in [0.25, 0.3) is 24.2 Å². The van der Waals surface area contributed by atoms with Gasteiger partial charge in [0.25, 0.3) is 5.69 Å². The van der Waals surface area contributed by atoms with E-state index >= 15 is 0 Å². The molecular weight excluding hydrogens is 1000 g/mol. The first-order chi connectivity index (χ1) is 36.7. The third-order valence-electron chi connectivity index (χ3n) is 12.4. The monoisotopic (exact) mass is 1070 g/mol. The maximum Gasteiger partial charge on any atom is 0.302 e. The molecular formula is C55H65FN12O8Si. The first kappa shape index (κ1) is 62.6. The second-order valence-electron chi connectivity index (χ2n) is 18.6. The topological polar surface area (TPSA) is 235 Å². The van der Waals surface area contributed by atoms with Gasteiger partial charge in [-0.2, -0.15) is 0 Å². The highest BCUT2D eigenvalue weighted by molar-refractivity contribution is 6.74. The van der Waals surface area contributed by atoms with Crippen LogP contribution in [-0.4, -0.2) is 99.2 Å². The van der Waals surface area contributed by atoms with Crippen LogP contribution in [0.3, 0.4) is 0 Å². The normalized spacial score (nSPS) is 12.0. The Labute approximate surface area is 450 Å². The summed E-state index contributed by atoms with van der Waals surface area (Å²) in [4.78, 5) is 40.3. The summed E-state index contributed by atoms with van der Waals surface area (Å²) in [5.41, 5.74) is 13.8. The van der Waals surface area contributed by atoms with Crippen molar-refractivity contribution in [2.75, 3.05) is 91.9 Å². The molecule has 0 unspecified atom stereocenters. The molecule has 0 aromatic heterocycles. The van der Waals surface area contributed by atoms with Crippen LogP contribution in [0.15, 0.2) is 91.0 Å². The number of benzene rings is 5. The fraction of sp³-hybridized carbons (Fsp3) is 0.364. The van der Waals surface area contributed by atoms with E-state index in [0.717, 1.165) is 69.0 Å². The Morgan fingerprint density at radius 2 is 1.05 bits per heavy atom. The van der Waals surface area contributed by atoms with Gasteiger partial charge in [0.05, 0.1) is 74.8 Å². The summed E-state index contributed by atoms with van der Waals surface area (Å²) in [6, 6.07) is 24.0. The quantitative estimate of drug-likeness (QED) is 0.0200. The van der Waals surface area contributed by atoms with Crippen LogP contribution in [0, 0.1) is 58.9 Å². The third-order valence-corrected chi connectivity index (χ3v) is 16.9. The first-order valence-corrected chi connectivity index (χ1v) is 27.3. The van der Waals surface area contributed by atoms with E-state index in [0.29, 0.717) is 41.5 Å². The zero-order valence-electron chi connectivity index (χ0n) is 43.9. The van der Waals surface area contributed by atoms with Gasteiger partial charge in [0.1, 0.15) is 5.69 Å². The second kappa shape index (κ2) is 31.3. The standard InChI is InChI=1S/C18H28N2OSi.C12H14N2O.C9H9N3O3.C9H11N3O.C7H3FN2O2/c1-18(2,3)22(5,6)21-13-12-20-11-7-8-15-9-10-16(19-4)14-17(15)20;1-13-11-5-4-10-3-2-6-14(7-8-15)12(10)9-11;1-10-7-2-3-9(12(14)15)8(6-7)11-4-5-13;1-11-7-2-3-8(10)9(6-7)12-4-5-13;1-9-5-2-3-7(10(11)12)6(8)4-5/h9-10,14H,7-8,11-13H2,1-3,5-6H3;4-5,9,15H,2-3,6-8H2;2-3,6,11,13H,4-5H2;2-3,6,12-13H,4-5,10H2;2-4H. The Hall–Kier alpha value is -8.66. The molecule has 77 heavy (non-hydrogen) atoms. The highest BCUT2D eigenvalue weighted by atomic mass is 28.4. The molecule has 5 aromatic rings. The van der Waals surface area contributed by atoms with Gasteiger partial charge in [0.15, 0.2) is 42.6 Å². The predicted molar refractivity (Wildman–Crippen MR) is 304 cm³/mol. The molecule has 2 aliphatic heterocycles. The maximum absolute atomic E-state index is 12.7. The van der Waals surface area contributed by atoms with E-state index in [-0.39, 0.29) is 48.5 Å². The summed E-state index contributed by atoms with van der Waals surface area (Å²) in [7, 11) is -1.67. The number of hydrogen-bond acceptors (Lipinski definition) is 13. The van der Waals surface area contributed by atoms with E-state index < -0.39 is 29.7 Å². The second-order valence-corrected chi connectivity index (χ2v) is 23.4. The van der Waals surface area contributed by atoms with Crippen molar-refractivity contribution in [3.05, 3.63) is 185 Å². The van der Waals surface area contributed by atoms with Crippen molar-refractivity contribution in [1.29, 1.82) is 0 Å². The van der Waals surface area contributed by atoms with Gasteiger partial charge in [0, 0.05) is 68.5 Å². The minimum absolute atomic E-state index is 0.0433. The molecule has 2 heterocycles. The fourth-order valence-corrected chi connectivity index (χ4v) is 8.42. The lowest BCUT2D eigenvalue weighted by atomic mass is 10.0. The summed E-state index contributed by atoms with van der Waals surface area (Å²) in [5, 5.41) is 52.7. The summed E-state index contributed by atoms with van der Waals surface area (Å²) >= 11 is 0. The van der Waals surface area contributed by atoms with Crippen LogP contribution in [-0.2, 0) is 17.3 Å². The number of nitrogens with one attached hydrogen (secondary N) is 2. The Kier molecular flexibility index (Phi) is 25.4. The SMILES string of the molecule is [C-]#[N+]c1ccc(N)c(NCCO)c1.[C-]#[N+]c1ccc([N+](=O)[O-])c(F)c1.[C-]#[N+]c1ccc([N+](=O)[O-])c(NCCO)c1.[C-]#[N+]c1ccc2c(c1)N(CCO)CCC2.[C-]#[N+]c1ccc2c(c1)N(CCO[Si](C)(C)C(C)(C)C)CCC2. The van der Waals surface area contributed by atoms with E-state index in [4.69, 9.17) is 58.3 Å². The van der Waals surface area contributed by atoms with Crippen LogP contribution >= 0.6 is 0 Å². The van der Waals surface area contributed by atoms with E-state index in [1.54, 1.807) is 18.2 Å². The van der Waals surface area contributed by atoms with Gasteiger partial charge in [-0.3, -0.25) is 20.2 Å². The summed E-state index contributed by atoms with van der Waals surface area (Å²) in [6.07, 6.45) is 4.51. The fourth-order valence-electron chi connectivity index (χ4n) is 7.39. The van der Waals surface area contributed by atoms with Gasteiger partial charge >= 0.3 is 5.69 Å². The smallest absolute Gasteiger partial charge is 0.302 e. The minimum atomic E-state index is -1.67. The molecule has 0 radical (unpaired) electrons. The molecule has 404 valence electrons. The van der Waals surface area contributed by atoms with Crippen LogP contribution in [0.4, 0.5) is 72.6 Å². The van der Waals surface area contributed by atoms with Gasteiger partial charge in [-0.25, -0.2) is 28.6 Å². The molecule has 0 saturated carbocycles. The van der Waals surface area contributed by atoms with Crippen LogP contribution < -0.4 is 26.2 Å². The largest absolute Gasteiger partial charge is 0.415 e. The number of aryl methyl sites for hydroxylation is 2. The van der Waals surface area contributed by atoms with Crippen LogP contribution in [0.1, 0.15) is 44.7 Å². The number of anilines is 5. The molecule has 0 spiro atoms. The lowest BCUT2D eigenvalue weighted by molar-refractivity contribution is -0.387. The average Bonchev–Trinajstić information content (AvgIpc) is 3.42. The Morgan fingerprint density at radius 3 is 1.49 bits per heavy atom. The number of nitrogens with two attached hydrogens (primary N) is 1. The number of nitrogen functional groups attached to an aromatic ring is 1. The number of nitrogens with zero attached hydrogens (tertiary/aromatic N) is 9. The lowest BCUT2D eigenvalue weighted by Crippen LogP contribution is -2.43. The number of hydrogen-bond donors (Lipinski definition) is 6. The molecule has 22 heteroatoms. The molecule has 0 amide bonds. The van der Waals surface area contributed by atoms with Crippen molar-refractivity contribution in [3.63, 3.8) is 0 Å². The molecule has 0 saturated heterocycles. The molecule has 2 aliphatic rings. The van der Waals surface area contributed by atoms with Gasteiger partial charge in [0.2, 0.25) is 0 Å². The summed E-state index contributed by atoms with van der Waals surface area (Å²) < 4.78 is 19.0. The first-order valence-electron chi connectivity index (χ1n) is 24.4. The molecule has 20 nitrogen and oxygen atoms in total. The van der Waals surface area contributed by atoms with Crippen molar-refractivity contribution < 1.29 is 34.0 Å². The van der Waals surface area contributed by atoms with Gasteiger partial charge in [-0.05, 0) is 103 Å². The van der Waals surface area contributed by atoms with Crippen LogP contribution in [0.2, 0.25) is 18.1 Å². The lowest BCUT2D eigenvalue weighted by Gasteiger charge is -2.38. The highest BCUT2D eigenvalue weighted by Gasteiger charge is 2.37. The molecule has 5 aromatic carbocycles. The zero-order valence-corrected chi connectivity index (χ0v) is 44.9. The molecule has 0 bridgehead atoms. The summed E-state index contributed by atoms with van der Waals surface area (Å²) in [5.74, 6) is -0.978.